The van der Waals surface area contributed by atoms with Crippen molar-refractivity contribution in [3.05, 3.63) is 0 Å². The van der Waals surface area contributed by atoms with E-state index in [0.29, 0.717) is 0 Å². The zero-order valence-corrected chi connectivity index (χ0v) is 13.3. The van der Waals surface area contributed by atoms with E-state index in [-0.39, 0.29) is 6.42 Å². The molecule has 5 N–H and O–H groups in total. The van der Waals surface area contributed by atoms with Crippen LogP contribution in [0.25, 0.3) is 0 Å². The summed E-state index contributed by atoms with van der Waals surface area (Å²) in [5, 5.41) is 37.2. The number of carbonyl (C=O) groups is 1. The summed E-state index contributed by atoms with van der Waals surface area (Å²) in [5.74, 6) is -2.76. The lowest BCUT2D eigenvalue weighted by Crippen LogP contribution is -2.77. The Morgan fingerprint density at radius 1 is 1.09 bits per heavy atom. The third-order valence-electron chi connectivity index (χ3n) is 4.93. The van der Waals surface area contributed by atoms with Gasteiger partial charge < -0.3 is 40.2 Å². The molecule has 0 amide bonds. The minimum atomic E-state index is -2.23. The second kappa shape index (κ2) is 6.01. The molecule has 0 aromatic heterocycles. The van der Waals surface area contributed by atoms with Crippen molar-refractivity contribution in [2.45, 2.75) is 68.0 Å². The molecule has 1 aliphatic carbocycles. The zero-order chi connectivity index (χ0) is 16.9. The molecule has 0 bridgehead atoms. The number of carbonyl (C=O) groups excluding carboxylic acids is 1. The van der Waals surface area contributed by atoms with Crippen molar-refractivity contribution < 1.29 is 34.3 Å². The molecule has 9 atom stereocenters. The van der Waals surface area contributed by atoms with E-state index in [1.807, 2.05) is 0 Å². The van der Waals surface area contributed by atoms with Crippen molar-refractivity contribution >= 4 is 5.78 Å². The third-order valence-corrected chi connectivity index (χ3v) is 4.93. The van der Waals surface area contributed by atoms with Gasteiger partial charge in [0.2, 0.25) is 6.29 Å². The Balaban J connectivity index is 1.92. The largest absolute Gasteiger partial charge is 0.390 e. The van der Waals surface area contributed by atoms with Crippen molar-refractivity contribution in [1.82, 2.24) is 10.6 Å². The second-order valence-electron chi connectivity index (χ2n) is 6.40. The number of Topliss-reactive ketones (excluding diaryl/α,β-unsaturated/α-hetero) is 1. The van der Waals surface area contributed by atoms with Crippen LogP contribution in [-0.2, 0) is 19.0 Å². The predicted molar refractivity (Wildman–Crippen MR) is 76.4 cm³/mol. The van der Waals surface area contributed by atoms with Gasteiger partial charge in [0.05, 0.1) is 24.3 Å². The van der Waals surface area contributed by atoms with Crippen molar-refractivity contribution in [2.75, 3.05) is 14.1 Å². The molecule has 0 spiro atoms. The Hall–Kier alpha value is -0.650. The number of likely N-dealkylation sites (N-methyl/N-ethyl adjacent to an activating group) is 2. The fourth-order valence-corrected chi connectivity index (χ4v) is 3.68. The minimum absolute atomic E-state index is 0.00220. The van der Waals surface area contributed by atoms with Gasteiger partial charge in [0, 0.05) is 6.42 Å². The molecule has 0 radical (unpaired) electrons. The number of aliphatic hydroxyl groups is 3. The van der Waals surface area contributed by atoms with E-state index in [9.17, 15) is 20.1 Å². The molecule has 132 valence electrons. The third kappa shape index (κ3) is 2.52. The maximum Gasteiger partial charge on any atom is 0.280 e. The Bertz CT molecular complexity index is 478. The lowest BCUT2D eigenvalue weighted by Gasteiger charge is -2.55. The summed E-state index contributed by atoms with van der Waals surface area (Å²) < 4.78 is 16.8. The smallest absolute Gasteiger partial charge is 0.280 e. The highest BCUT2D eigenvalue weighted by Crippen LogP contribution is 2.40. The van der Waals surface area contributed by atoms with Crippen LogP contribution in [-0.4, -0.2) is 89.9 Å². The predicted octanol–water partition coefficient (Wildman–Crippen LogP) is -2.93. The average molecular weight is 332 g/mol. The van der Waals surface area contributed by atoms with Crippen molar-refractivity contribution in [1.29, 1.82) is 0 Å². The molecule has 2 heterocycles. The molecule has 23 heavy (non-hydrogen) atoms. The summed E-state index contributed by atoms with van der Waals surface area (Å²) in [7, 11) is 3.24. The van der Waals surface area contributed by atoms with Crippen molar-refractivity contribution in [3.8, 4) is 0 Å². The summed E-state index contributed by atoms with van der Waals surface area (Å²) in [6.07, 6.45) is -5.58. The van der Waals surface area contributed by atoms with Crippen LogP contribution in [0, 0.1) is 0 Å². The second-order valence-corrected chi connectivity index (χ2v) is 6.40. The van der Waals surface area contributed by atoms with E-state index in [0.717, 1.165) is 0 Å². The zero-order valence-electron chi connectivity index (χ0n) is 13.3. The van der Waals surface area contributed by atoms with E-state index in [1.54, 1.807) is 21.0 Å². The van der Waals surface area contributed by atoms with Gasteiger partial charge in [0.15, 0.2) is 5.78 Å². The van der Waals surface area contributed by atoms with Gasteiger partial charge in [-0.3, -0.25) is 4.79 Å². The van der Waals surface area contributed by atoms with E-state index in [1.165, 1.54) is 0 Å². The lowest BCUT2D eigenvalue weighted by molar-refractivity contribution is -0.420. The molecule has 2 saturated heterocycles. The van der Waals surface area contributed by atoms with Gasteiger partial charge in [-0.25, -0.2) is 0 Å². The molecule has 3 fully saturated rings. The van der Waals surface area contributed by atoms with Crippen LogP contribution in [0.15, 0.2) is 0 Å². The number of hydrogen-bond acceptors (Lipinski definition) is 9. The number of fused-ring (bicyclic) bond motifs is 2. The molecule has 3 aliphatic rings. The first-order valence-electron chi connectivity index (χ1n) is 7.78. The number of ketones is 1. The number of hydrogen-bond donors (Lipinski definition) is 5. The molecular formula is C14H24N2O7. The fourth-order valence-electron chi connectivity index (χ4n) is 3.68. The average Bonchev–Trinajstić information content (AvgIpc) is 2.49. The van der Waals surface area contributed by atoms with Gasteiger partial charge in [-0.2, -0.15) is 0 Å². The summed E-state index contributed by atoms with van der Waals surface area (Å²) in [6, 6.07) is -1.29. The SMILES string of the molecule is CN[C@@H]1[C@H](O)[C@H](NC)[C@H]2O[C@@]3(O)C(=O)C[C@@H](C)O[C@H]3O[C@H]2[C@H]1O. The topological polar surface area (TPSA) is 130 Å². The summed E-state index contributed by atoms with van der Waals surface area (Å²) in [5.41, 5.74) is 0. The maximum absolute atomic E-state index is 12.2. The molecule has 1 saturated carbocycles. The highest BCUT2D eigenvalue weighted by Gasteiger charge is 2.63. The molecule has 9 nitrogen and oxygen atoms in total. The molecular weight excluding hydrogens is 308 g/mol. The molecule has 0 unspecified atom stereocenters. The lowest BCUT2D eigenvalue weighted by atomic mass is 9.80. The van der Waals surface area contributed by atoms with Gasteiger partial charge in [0.25, 0.3) is 5.79 Å². The van der Waals surface area contributed by atoms with Crippen LogP contribution < -0.4 is 10.6 Å². The van der Waals surface area contributed by atoms with Gasteiger partial charge in [-0.05, 0) is 21.0 Å². The quantitative estimate of drug-likeness (QED) is 0.361. The van der Waals surface area contributed by atoms with Crippen molar-refractivity contribution in [3.63, 3.8) is 0 Å². The highest BCUT2D eigenvalue weighted by molar-refractivity contribution is 5.87. The van der Waals surface area contributed by atoms with Gasteiger partial charge in [-0.1, -0.05) is 0 Å². The summed E-state index contributed by atoms with van der Waals surface area (Å²) >= 11 is 0. The first-order chi connectivity index (χ1) is 10.8. The van der Waals surface area contributed by atoms with Crippen LogP contribution in [0.2, 0.25) is 0 Å². The molecule has 9 heteroatoms. The Morgan fingerprint density at radius 2 is 1.74 bits per heavy atom. The normalized spacial score (nSPS) is 53.6. The van der Waals surface area contributed by atoms with Crippen LogP contribution in [0.4, 0.5) is 0 Å². The van der Waals surface area contributed by atoms with Crippen LogP contribution in [0.3, 0.4) is 0 Å². The minimum Gasteiger partial charge on any atom is -0.390 e. The van der Waals surface area contributed by atoms with Crippen LogP contribution in [0.1, 0.15) is 13.3 Å². The van der Waals surface area contributed by atoms with E-state index in [2.05, 4.69) is 10.6 Å². The Morgan fingerprint density at radius 3 is 2.35 bits per heavy atom. The monoisotopic (exact) mass is 332 g/mol. The highest BCUT2D eigenvalue weighted by atomic mass is 16.8. The number of rotatable bonds is 2. The van der Waals surface area contributed by atoms with Crippen LogP contribution in [0.5, 0.6) is 0 Å². The molecule has 2 aliphatic heterocycles. The van der Waals surface area contributed by atoms with Crippen molar-refractivity contribution in [2.24, 2.45) is 0 Å². The maximum atomic E-state index is 12.2. The van der Waals surface area contributed by atoms with Crippen LogP contribution >= 0.6 is 0 Å². The molecule has 0 aromatic carbocycles. The molecule has 0 aromatic rings. The summed E-state index contributed by atoms with van der Waals surface area (Å²) in [4.78, 5) is 12.2. The number of ether oxygens (including phenoxy) is 3. The van der Waals surface area contributed by atoms with E-state index >= 15 is 0 Å². The standard InChI is InChI=1S/C14H24N2O7/c1-5-4-6(17)14(20)13(21-5)22-12-10(19)7(15-2)9(18)8(16-3)11(12)23-14/h5,7-13,15-16,18-20H,4H2,1-3H3/t5-,7-,8+,9+,10+,11-,12+,13+,14+/m1/s1. The number of nitrogens with one attached hydrogen (secondary N) is 2. The van der Waals surface area contributed by atoms with Gasteiger partial charge in [-0.15, -0.1) is 0 Å². The van der Waals surface area contributed by atoms with Gasteiger partial charge in [0.1, 0.15) is 18.3 Å². The Kier molecular flexibility index (Phi) is 4.49. The van der Waals surface area contributed by atoms with E-state index < -0.39 is 60.5 Å². The fraction of sp³-hybridized carbons (Fsp3) is 0.929. The summed E-state index contributed by atoms with van der Waals surface area (Å²) in [6.45, 7) is 1.70. The first kappa shape index (κ1) is 17.2. The Labute approximate surface area is 133 Å². The van der Waals surface area contributed by atoms with E-state index in [4.69, 9.17) is 14.2 Å². The first-order valence-corrected chi connectivity index (χ1v) is 7.78. The van der Waals surface area contributed by atoms with Gasteiger partial charge >= 0.3 is 0 Å². The molecule has 3 rings (SSSR count). The number of aliphatic hydroxyl groups excluding tert-OH is 2.